The summed E-state index contributed by atoms with van der Waals surface area (Å²) >= 11 is 0. The average Bonchev–Trinajstić information content (AvgIpc) is 2.13. The summed E-state index contributed by atoms with van der Waals surface area (Å²) in [7, 11) is 0. The van der Waals surface area contributed by atoms with Gasteiger partial charge in [0.05, 0.1) is 11.9 Å². The molecule has 0 aliphatic rings. The fourth-order valence-electron chi connectivity index (χ4n) is 0.871. The third-order valence-electron chi connectivity index (χ3n) is 1.46. The van der Waals surface area contributed by atoms with Crippen molar-refractivity contribution in [1.82, 2.24) is 4.98 Å². The summed E-state index contributed by atoms with van der Waals surface area (Å²) in [5.74, 6) is 0. The molecule has 0 radical (unpaired) electrons. The second kappa shape index (κ2) is 5.30. The van der Waals surface area contributed by atoms with Crippen LogP contribution >= 0.6 is 0 Å². The van der Waals surface area contributed by atoms with Crippen molar-refractivity contribution in [3.05, 3.63) is 29.6 Å². The van der Waals surface area contributed by atoms with Gasteiger partial charge in [-0.2, -0.15) is 0 Å². The molecule has 0 fully saturated rings. The number of aryl methyl sites for hydroxylation is 1. The van der Waals surface area contributed by atoms with E-state index in [0.29, 0.717) is 6.61 Å². The second-order valence-electron chi connectivity index (χ2n) is 2.77. The Labute approximate surface area is 78.4 Å². The minimum absolute atomic E-state index is 0.655. The van der Waals surface area contributed by atoms with Gasteiger partial charge in [0.1, 0.15) is 6.61 Å². The first-order valence-corrected chi connectivity index (χ1v) is 4.42. The summed E-state index contributed by atoms with van der Waals surface area (Å²) < 4.78 is 0. The Balaban J connectivity index is 2.48. The summed E-state index contributed by atoms with van der Waals surface area (Å²) in [6.07, 6.45) is 2.60. The van der Waals surface area contributed by atoms with E-state index in [0.717, 1.165) is 17.8 Å². The average molecular weight is 178 g/mol. The minimum atomic E-state index is 0.655. The van der Waals surface area contributed by atoms with Gasteiger partial charge in [0.25, 0.3) is 0 Å². The van der Waals surface area contributed by atoms with Crippen LogP contribution in [0.5, 0.6) is 0 Å². The Kier molecular flexibility index (Phi) is 3.96. The maximum Gasteiger partial charge on any atom is 0.116 e. The fourth-order valence-corrected chi connectivity index (χ4v) is 0.871. The molecule has 1 rings (SSSR count). The predicted octanol–water partition coefficient (Wildman–Crippen LogP) is 2.15. The van der Waals surface area contributed by atoms with Crippen LogP contribution in [0.3, 0.4) is 0 Å². The van der Waals surface area contributed by atoms with Gasteiger partial charge < -0.3 is 4.84 Å². The third-order valence-corrected chi connectivity index (χ3v) is 1.46. The second-order valence-corrected chi connectivity index (χ2v) is 2.77. The van der Waals surface area contributed by atoms with E-state index in [2.05, 4.69) is 10.1 Å². The molecule has 0 amide bonds. The third kappa shape index (κ3) is 3.69. The lowest BCUT2D eigenvalue weighted by molar-refractivity contribution is 0.146. The van der Waals surface area contributed by atoms with Gasteiger partial charge in [0, 0.05) is 5.69 Å². The summed E-state index contributed by atoms with van der Waals surface area (Å²) in [6, 6.07) is 5.79. The van der Waals surface area contributed by atoms with Gasteiger partial charge in [-0.1, -0.05) is 18.1 Å². The van der Waals surface area contributed by atoms with Crippen molar-refractivity contribution in [3.63, 3.8) is 0 Å². The highest BCUT2D eigenvalue weighted by atomic mass is 16.6. The molecule has 70 valence electrons. The highest BCUT2D eigenvalue weighted by Crippen LogP contribution is 1.95. The number of oxime groups is 1. The van der Waals surface area contributed by atoms with Crippen LogP contribution in [0.4, 0.5) is 0 Å². The maximum absolute atomic E-state index is 4.96. The molecule has 0 spiro atoms. The Morgan fingerprint density at radius 3 is 3.08 bits per heavy atom. The van der Waals surface area contributed by atoms with Crippen LogP contribution in [0.1, 0.15) is 24.7 Å². The SMILES string of the molecule is CCCO/N=C/c1cccc(C)n1. The Morgan fingerprint density at radius 2 is 2.38 bits per heavy atom. The molecule has 0 aliphatic heterocycles. The van der Waals surface area contributed by atoms with E-state index < -0.39 is 0 Å². The van der Waals surface area contributed by atoms with E-state index in [1.54, 1.807) is 6.21 Å². The first-order chi connectivity index (χ1) is 6.33. The van der Waals surface area contributed by atoms with Gasteiger partial charge in [-0.05, 0) is 25.5 Å². The van der Waals surface area contributed by atoms with E-state index in [1.807, 2.05) is 32.0 Å². The van der Waals surface area contributed by atoms with Crippen molar-refractivity contribution < 1.29 is 4.84 Å². The van der Waals surface area contributed by atoms with Crippen molar-refractivity contribution in [2.75, 3.05) is 6.61 Å². The van der Waals surface area contributed by atoms with Gasteiger partial charge in [-0.25, -0.2) is 0 Å². The van der Waals surface area contributed by atoms with Gasteiger partial charge in [0.2, 0.25) is 0 Å². The molecule has 1 aromatic heterocycles. The van der Waals surface area contributed by atoms with Crippen LogP contribution < -0.4 is 0 Å². The van der Waals surface area contributed by atoms with Crippen molar-refractivity contribution in [2.45, 2.75) is 20.3 Å². The Morgan fingerprint density at radius 1 is 1.54 bits per heavy atom. The lowest BCUT2D eigenvalue weighted by Crippen LogP contribution is -1.91. The minimum Gasteiger partial charge on any atom is -0.396 e. The Hall–Kier alpha value is -1.38. The number of aromatic nitrogens is 1. The van der Waals surface area contributed by atoms with Crippen LogP contribution in [-0.4, -0.2) is 17.8 Å². The van der Waals surface area contributed by atoms with E-state index in [9.17, 15) is 0 Å². The largest absolute Gasteiger partial charge is 0.396 e. The van der Waals surface area contributed by atoms with Crippen LogP contribution in [0.2, 0.25) is 0 Å². The summed E-state index contributed by atoms with van der Waals surface area (Å²) in [6.45, 7) is 4.65. The summed E-state index contributed by atoms with van der Waals surface area (Å²) in [5, 5.41) is 3.78. The van der Waals surface area contributed by atoms with Crippen LogP contribution in [0.25, 0.3) is 0 Å². The molecule has 0 saturated carbocycles. The van der Waals surface area contributed by atoms with Gasteiger partial charge >= 0.3 is 0 Å². The van der Waals surface area contributed by atoms with Crippen molar-refractivity contribution in [1.29, 1.82) is 0 Å². The predicted molar refractivity (Wildman–Crippen MR) is 52.8 cm³/mol. The highest BCUT2D eigenvalue weighted by Gasteiger charge is 1.89. The topological polar surface area (TPSA) is 34.5 Å². The first kappa shape index (κ1) is 9.71. The molecule has 3 nitrogen and oxygen atoms in total. The van der Waals surface area contributed by atoms with Crippen LogP contribution in [0.15, 0.2) is 23.4 Å². The monoisotopic (exact) mass is 178 g/mol. The zero-order chi connectivity index (χ0) is 9.52. The normalized spacial score (nSPS) is 10.6. The maximum atomic E-state index is 4.96. The number of rotatable bonds is 4. The van der Waals surface area contributed by atoms with Crippen molar-refractivity contribution in [2.24, 2.45) is 5.16 Å². The Bertz CT molecular complexity index is 284. The molecule has 1 heterocycles. The molecule has 0 bridgehead atoms. The molecular weight excluding hydrogens is 164 g/mol. The molecule has 1 aromatic rings. The van der Waals surface area contributed by atoms with E-state index in [-0.39, 0.29) is 0 Å². The number of hydrogen-bond acceptors (Lipinski definition) is 3. The smallest absolute Gasteiger partial charge is 0.116 e. The molecule has 13 heavy (non-hydrogen) atoms. The lowest BCUT2D eigenvalue weighted by Gasteiger charge is -1.95. The van der Waals surface area contributed by atoms with Crippen LogP contribution in [-0.2, 0) is 4.84 Å². The molecule has 0 atom stereocenters. The summed E-state index contributed by atoms with van der Waals surface area (Å²) in [4.78, 5) is 9.20. The molecule has 0 unspecified atom stereocenters. The highest BCUT2D eigenvalue weighted by molar-refractivity contribution is 5.76. The number of pyridine rings is 1. The van der Waals surface area contributed by atoms with E-state index in [1.165, 1.54) is 0 Å². The van der Waals surface area contributed by atoms with Crippen LogP contribution in [0, 0.1) is 6.92 Å². The van der Waals surface area contributed by atoms with Gasteiger partial charge in [-0.3, -0.25) is 4.98 Å². The molecule has 0 aliphatic carbocycles. The molecular formula is C10H14N2O. The van der Waals surface area contributed by atoms with E-state index in [4.69, 9.17) is 4.84 Å². The van der Waals surface area contributed by atoms with Crippen molar-refractivity contribution in [3.8, 4) is 0 Å². The zero-order valence-electron chi connectivity index (χ0n) is 8.03. The quantitative estimate of drug-likeness (QED) is 0.402. The summed E-state index contributed by atoms with van der Waals surface area (Å²) in [5.41, 5.74) is 1.82. The van der Waals surface area contributed by atoms with Gasteiger partial charge in [0.15, 0.2) is 0 Å². The molecule has 0 aromatic carbocycles. The van der Waals surface area contributed by atoms with Crippen molar-refractivity contribution >= 4 is 6.21 Å². The van der Waals surface area contributed by atoms with E-state index >= 15 is 0 Å². The molecule has 0 saturated heterocycles. The number of nitrogens with zero attached hydrogens (tertiary/aromatic N) is 2. The molecule has 3 heteroatoms. The lowest BCUT2D eigenvalue weighted by atomic mass is 10.3. The standard InChI is InChI=1S/C10H14N2O/c1-3-7-13-11-8-10-6-4-5-9(2)12-10/h4-6,8H,3,7H2,1-2H3/b11-8+. The first-order valence-electron chi connectivity index (χ1n) is 4.42. The molecule has 0 N–H and O–H groups in total. The fraction of sp³-hybridized carbons (Fsp3) is 0.400. The number of hydrogen-bond donors (Lipinski definition) is 0. The van der Waals surface area contributed by atoms with Gasteiger partial charge in [-0.15, -0.1) is 0 Å². The zero-order valence-corrected chi connectivity index (χ0v) is 8.03.